The van der Waals surface area contributed by atoms with E-state index in [4.69, 9.17) is 10.5 Å². The summed E-state index contributed by atoms with van der Waals surface area (Å²) in [6.07, 6.45) is 2.26. The lowest BCUT2D eigenvalue weighted by atomic mass is 9.81. The third kappa shape index (κ3) is 3.81. The summed E-state index contributed by atoms with van der Waals surface area (Å²) >= 11 is 0. The zero-order valence-electron chi connectivity index (χ0n) is 12.7. The Labute approximate surface area is 121 Å². The molecule has 3 N–H and O–H groups in total. The van der Waals surface area contributed by atoms with Gasteiger partial charge >= 0.3 is 0 Å². The highest BCUT2D eigenvalue weighted by molar-refractivity contribution is 5.96. The van der Waals surface area contributed by atoms with Gasteiger partial charge in [0.05, 0.1) is 12.0 Å². The summed E-state index contributed by atoms with van der Waals surface area (Å²) in [5.41, 5.74) is 7.28. The highest BCUT2D eigenvalue weighted by Gasteiger charge is 2.33. The van der Waals surface area contributed by atoms with E-state index in [0.717, 1.165) is 30.5 Å². The predicted molar refractivity (Wildman–Crippen MR) is 82.7 cm³/mol. The van der Waals surface area contributed by atoms with Gasteiger partial charge < -0.3 is 15.8 Å². The zero-order valence-corrected chi connectivity index (χ0v) is 12.7. The summed E-state index contributed by atoms with van der Waals surface area (Å²) in [7, 11) is 1.68. The fourth-order valence-corrected chi connectivity index (χ4v) is 2.28. The van der Waals surface area contributed by atoms with Crippen molar-refractivity contribution in [3.63, 3.8) is 0 Å². The maximum Gasteiger partial charge on any atom is 0.231 e. The van der Waals surface area contributed by atoms with Gasteiger partial charge in [-0.2, -0.15) is 0 Å². The molecule has 0 heterocycles. The molecule has 0 saturated carbocycles. The molecular formula is C16H26N2O2. The topological polar surface area (TPSA) is 64.4 Å². The number of para-hydroxylation sites is 1. The Bertz CT molecular complexity index is 420. The molecule has 1 amide bonds. The molecular weight excluding hydrogens is 252 g/mol. The molecule has 4 nitrogen and oxygen atoms in total. The van der Waals surface area contributed by atoms with Crippen molar-refractivity contribution in [3.8, 4) is 0 Å². The van der Waals surface area contributed by atoms with Crippen LogP contribution in [-0.4, -0.2) is 26.2 Å². The van der Waals surface area contributed by atoms with Gasteiger partial charge in [0, 0.05) is 19.3 Å². The standard InChI is InChI=1S/C16H26N2O2/c1-4-16(5-2,12-17)15(19)18-14-9-7-6-8-13(14)10-11-20-3/h6-9H,4-5,10-12,17H2,1-3H3,(H,18,19). The molecule has 1 aromatic carbocycles. The van der Waals surface area contributed by atoms with E-state index in [-0.39, 0.29) is 5.91 Å². The molecule has 0 bridgehead atoms. The quantitative estimate of drug-likeness (QED) is 0.768. The van der Waals surface area contributed by atoms with E-state index in [2.05, 4.69) is 5.32 Å². The number of methoxy groups -OCH3 is 1. The molecule has 0 aliphatic rings. The second-order valence-corrected chi connectivity index (χ2v) is 5.05. The highest BCUT2D eigenvalue weighted by atomic mass is 16.5. The van der Waals surface area contributed by atoms with Gasteiger partial charge in [0.25, 0.3) is 0 Å². The van der Waals surface area contributed by atoms with Gasteiger partial charge in [-0.25, -0.2) is 0 Å². The number of anilines is 1. The summed E-state index contributed by atoms with van der Waals surface area (Å²) in [6.45, 7) is 5.02. The molecule has 1 rings (SSSR count). The number of ether oxygens (including phenoxy) is 1. The summed E-state index contributed by atoms with van der Waals surface area (Å²) in [5.74, 6) is 0.00914. The smallest absolute Gasteiger partial charge is 0.231 e. The van der Waals surface area contributed by atoms with E-state index in [1.807, 2.05) is 38.1 Å². The molecule has 0 aliphatic heterocycles. The van der Waals surface area contributed by atoms with E-state index in [0.29, 0.717) is 13.2 Å². The number of carbonyl (C=O) groups excluding carboxylic acids is 1. The SMILES string of the molecule is CCC(CC)(CN)C(=O)Nc1ccccc1CCOC. The Balaban J connectivity index is 2.89. The summed E-state index contributed by atoms with van der Waals surface area (Å²) < 4.78 is 5.10. The molecule has 0 spiro atoms. The van der Waals surface area contributed by atoms with Crippen molar-refractivity contribution in [3.05, 3.63) is 29.8 Å². The predicted octanol–water partition coefficient (Wildman–Crippen LogP) is 2.58. The maximum absolute atomic E-state index is 12.5. The van der Waals surface area contributed by atoms with E-state index < -0.39 is 5.41 Å². The van der Waals surface area contributed by atoms with E-state index >= 15 is 0 Å². The van der Waals surface area contributed by atoms with Gasteiger partial charge in [-0.15, -0.1) is 0 Å². The average molecular weight is 278 g/mol. The van der Waals surface area contributed by atoms with E-state index in [1.54, 1.807) is 7.11 Å². The first-order chi connectivity index (χ1) is 9.63. The van der Waals surface area contributed by atoms with Crippen LogP contribution in [0.2, 0.25) is 0 Å². The molecule has 0 unspecified atom stereocenters. The Hall–Kier alpha value is -1.39. The maximum atomic E-state index is 12.5. The van der Waals surface area contributed by atoms with Gasteiger partial charge in [0.2, 0.25) is 5.91 Å². The van der Waals surface area contributed by atoms with Gasteiger partial charge in [0.15, 0.2) is 0 Å². The van der Waals surface area contributed by atoms with Crippen LogP contribution in [0.15, 0.2) is 24.3 Å². The van der Waals surface area contributed by atoms with Crippen molar-refractivity contribution in [2.45, 2.75) is 33.1 Å². The molecule has 1 aromatic rings. The van der Waals surface area contributed by atoms with Crippen LogP contribution in [0.3, 0.4) is 0 Å². The van der Waals surface area contributed by atoms with Crippen LogP contribution >= 0.6 is 0 Å². The van der Waals surface area contributed by atoms with Crippen molar-refractivity contribution in [2.75, 3.05) is 25.6 Å². The summed E-state index contributed by atoms with van der Waals surface area (Å²) in [5, 5.41) is 3.04. The van der Waals surface area contributed by atoms with Gasteiger partial charge in [-0.3, -0.25) is 4.79 Å². The number of carbonyl (C=O) groups is 1. The summed E-state index contributed by atoms with van der Waals surface area (Å²) in [6, 6.07) is 7.83. The van der Waals surface area contributed by atoms with Crippen molar-refractivity contribution in [1.82, 2.24) is 0 Å². The normalized spacial score (nSPS) is 11.4. The first-order valence-corrected chi connectivity index (χ1v) is 7.22. The van der Waals surface area contributed by atoms with Gasteiger partial charge in [-0.1, -0.05) is 32.0 Å². The number of hydrogen-bond donors (Lipinski definition) is 2. The van der Waals surface area contributed by atoms with Crippen LogP contribution in [0.25, 0.3) is 0 Å². The molecule has 0 saturated heterocycles. The van der Waals surface area contributed by atoms with Crippen LogP contribution in [0.4, 0.5) is 5.69 Å². The van der Waals surface area contributed by atoms with Crippen LogP contribution < -0.4 is 11.1 Å². The van der Waals surface area contributed by atoms with Crippen LogP contribution in [0, 0.1) is 5.41 Å². The minimum Gasteiger partial charge on any atom is -0.384 e. The van der Waals surface area contributed by atoms with E-state index in [9.17, 15) is 4.79 Å². The number of benzene rings is 1. The Morgan fingerprint density at radius 1 is 1.30 bits per heavy atom. The fraction of sp³-hybridized carbons (Fsp3) is 0.562. The lowest BCUT2D eigenvalue weighted by molar-refractivity contribution is -0.125. The van der Waals surface area contributed by atoms with Crippen LogP contribution in [0.5, 0.6) is 0 Å². The minimum atomic E-state index is -0.478. The number of nitrogens with two attached hydrogens (primary N) is 1. The number of rotatable bonds is 8. The molecule has 20 heavy (non-hydrogen) atoms. The second-order valence-electron chi connectivity index (χ2n) is 5.05. The minimum absolute atomic E-state index is 0.00914. The molecule has 0 atom stereocenters. The number of amides is 1. The van der Waals surface area contributed by atoms with Crippen LogP contribution in [0.1, 0.15) is 32.3 Å². The first-order valence-electron chi connectivity index (χ1n) is 7.22. The fourth-order valence-electron chi connectivity index (χ4n) is 2.28. The molecule has 0 aliphatic carbocycles. The van der Waals surface area contributed by atoms with Crippen molar-refractivity contribution in [2.24, 2.45) is 11.1 Å². The van der Waals surface area contributed by atoms with Crippen molar-refractivity contribution >= 4 is 11.6 Å². The first kappa shape index (κ1) is 16.7. The molecule has 0 fully saturated rings. The second kappa shape index (κ2) is 8.02. The number of nitrogens with one attached hydrogen (secondary N) is 1. The van der Waals surface area contributed by atoms with E-state index in [1.165, 1.54) is 0 Å². The Morgan fingerprint density at radius 2 is 1.95 bits per heavy atom. The average Bonchev–Trinajstić information content (AvgIpc) is 2.49. The lowest BCUT2D eigenvalue weighted by Crippen LogP contribution is -2.41. The number of hydrogen-bond acceptors (Lipinski definition) is 3. The lowest BCUT2D eigenvalue weighted by Gasteiger charge is -2.29. The Morgan fingerprint density at radius 3 is 2.50 bits per heavy atom. The van der Waals surface area contributed by atoms with Gasteiger partial charge in [-0.05, 0) is 30.9 Å². The largest absolute Gasteiger partial charge is 0.384 e. The highest BCUT2D eigenvalue weighted by Crippen LogP contribution is 2.28. The monoisotopic (exact) mass is 278 g/mol. The molecule has 112 valence electrons. The molecule has 4 heteroatoms. The summed E-state index contributed by atoms with van der Waals surface area (Å²) in [4.78, 5) is 12.5. The van der Waals surface area contributed by atoms with Crippen molar-refractivity contribution < 1.29 is 9.53 Å². The molecule has 0 radical (unpaired) electrons. The third-order valence-corrected chi connectivity index (χ3v) is 4.07. The zero-order chi connectivity index (χ0) is 15.0. The van der Waals surface area contributed by atoms with Crippen LogP contribution in [-0.2, 0) is 16.0 Å². The van der Waals surface area contributed by atoms with Crippen molar-refractivity contribution in [1.29, 1.82) is 0 Å². The third-order valence-electron chi connectivity index (χ3n) is 4.07. The molecule has 0 aromatic heterocycles. The Kier molecular flexibility index (Phi) is 6.68. The van der Waals surface area contributed by atoms with Gasteiger partial charge in [0.1, 0.15) is 0 Å².